The van der Waals surface area contributed by atoms with Gasteiger partial charge < -0.3 is 19.9 Å². The quantitative estimate of drug-likeness (QED) is 0.552. The lowest BCUT2D eigenvalue weighted by Crippen LogP contribution is -2.30. The lowest BCUT2D eigenvalue weighted by molar-refractivity contribution is -0.128. The highest BCUT2D eigenvalue weighted by atomic mass is 35.5. The van der Waals surface area contributed by atoms with Crippen molar-refractivity contribution in [2.24, 2.45) is 5.92 Å². The largest absolute Gasteiger partial charge is 0.374 e. The monoisotopic (exact) mass is 447 g/mol. The average Bonchev–Trinajstić information content (AvgIpc) is 3.43. The molecule has 0 saturated carbocycles. The molecule has 10 heteroatoms. The first-order valence-electron chi connectivity index (χ1n) is 9.77. The molecule has 3 heterocycles. The number of benzene rings is 1. The van der Waals surface area contributed by atoms with Crippen LogP contribution < -0.4 is 5.32 Å². The van der Waals surface area contributed by atoms with E-state index in [1.165, 1.54) is 11.3 Å². The number of aromatic nitrogens is 3. The highest BCUT2D eigenvalue weighted by Crippen LogP contribution is 2.25. The number of ether oxygens (including phenoxy) is 1. The summed E-state index contributed by atoms with van der Waals surface area (Å²) in [5.41, 5.74) is 2.11. The number of amides is 2. The molecule has 1 saturated heterocycles. The minimum absolute atomic E-state index is 0.0117. The lowest BCUT2D eigenvalue weighted by Gasteiger charge is -2.16. The van der Waals surface area contributed by atoms with Crippen LogP contribution in [0.3, 0.4) is 0 Å². The highest BCUT2D eigenvalue weighted by Gasteiger charge is 2.34. The third-order valence-corrected chi connectivity index (χ3v) is 6.14. The number of carbonyl (C=O) groups excluding carboxylic acids is 2. The van der Waals surface area contributed by atoms with Crippen LogP contribution in [0.5, 0.6) is 0 Å². The number of halogens is 1. The maximum Gasteiger partial charge on any atom is 0.231 e. The SMILES string of the molecule is CCOCc1nnc(NC(=O)[C@H]2CC(=O)N(CCc3c[nH]c4ccc(Cl)cc34)C2)s1. The van der Waals surface area contributed by atoms with Crippen molar-refractivity contribution in [3.05, 3.63) is 40.0 Å². The van der Waals surface area contributed by atoms with Gasteiger partial charge in [-0.05, 0) is 37.1 Å². The first-order valence-corrected chi connectivity index (χ1v) is 11.0. The Morgan fingerprint density at radius 1 is 1.43 bits per heavy atom. The van der Waals surface area contributed by atoms with Crippen LogP contribution in [0, 0.1) is 5.92 Å². The summed E-state index contributed by atoms with van der Waals surface area (Å²) < 4.78 is 5.29. The molecular formula is C20H22ClN5O3S. The van der Waals surface area contributed by atoms with Crippen LogP contribution in [-0.4, -0.2) is 51.6 Å². The molecule has 1 fully saturated rings. The van der Waals surface area contributed by atoms with Crippen LogP contribution in [-0.2, 0) is 27.4 Å². The number of nitrogens with zero attached hydrogens (tertiary/aromatic N) is 3. The fourth-order valence-electron chi connectivity index (χ4n) is 3.54. The summed E-state index contributed by atoms with van der Waals surface area (Å²) in [4.78, 5) is 30.0. The van der Waals surface area contributed by atoms with E-state index < -0.39 is 5.92 Å². The third kappa shape index (κ3) is 4.63. The Bertz CT molecular complexity index is 1070. The van der Waals surface area contributed by atoms with E-state index in [1.54, 1.807) is 4.90 Å². The molecule has 1 atom stereocenters. The van der Waals surface area contributed by atoms with E-state index in [0.29, 0.717) is 47.9 Å². The molecule has 0 unspecified atom stereocenters. The van der Waals surface area contributed by atoms with Crippen LogP contribution in [0.4, 0.5) is 5.13 Å². The normalized spacial score (nSPS) is 16.5. The zero-order valence-electron chi connectivity index (χ0n) is 16.5. The maximum absolute atomic E-state index is 12.6. The van der Waals surface area contributed by atoms with Crippen LogP contribution in [0.1, 0.15) is 23.9 Å². The van der Waals surface area contributed by atoms with Gasteiger partial charge in [0.15, 0.2) is 0 Å². The molecule has 2 N–H and O–H groups in total. The van der Waals surface area contributed by atoms with Crippen LogP contribution in [0.25, 0.3) is 10.9 Å². The molecule has 8 nitrogen and oxygen atoms in total. The molecule has 1 aromatic carbocycles. The Morgan fingerprint density at radius 3 is 3.13 bits per heavy atom. The second kappa shape index (κ2) is 9.11. The molecule has 2 aromatic heterocycles. The minimum atomic E-state index is -0.394. The van der Waals surface area contributed by atoms with Gasteiger partial charge in [0, 0.05) is 48.2 Å². The summed E-state index contributed by atoms with van der Waals surface area (Å²) in [6.07, 6.45) is 2.84. The maximum atomic E-state index is 12.6. The molecule has 0 aliphatic carbocycles. The summed E-state index contributed by atoms with van der Waals surface area (Å²) in [5.74, 6) is -0.611. The Labute approximate surface area is 182 Å². The Morgan fingerprint density at radius 2 is 2.30 bits per heavy atom. The zero-order valence-corrected chi connectivity index (χ0v) is 18.1. The summed E-state index contributed by atoms with van der Waals surface area (Å²) in [5, 5.41) is 13.6. The van der Waals surface area contributed by atoms with E-state index >= 15 is 0 Å². The fourth-order valence-corrected chi connectivity index (χ4v) is 4.39. The predicted molar refractivity (Wildman–Crippen MR) is 116 cm³/mol. The first kappa shape index (κ1) is 20.8. The Kier molecular flexibility index (Phi) is 6.31. The molecule has 4 rings (SSSR count). The van der Waals surface area contributed by atoms with Crippen molar-refractivity contribution < 1.29 is 14.3 Å². The van der Waals surface area contributed by atoms with Gasteiger partial charge >= 0.3 is 0 Å². The number of rotatable bonds is 8. The first-order chi connectivity index (χ1) is 14.5. The number of hydrogen-bond donors (Lipinski definition) is 2. The molecular weight excluding hydrogens is 426 g/mol. The Hall–Kier alpha value is -2.49. The minimum Gasteiger partial charge on any atom is -0.374 e. The average molecular weight is 448 g/mol. The molecule has 0 radical (unpaired) electrons. The number of aromatic amines is 1. The molecule has 0 bridgehead atoms. The van der Waals surface area contributed by atoms with Gasteiger partial charge in [0.05, 0.1) is 5.92 Å². The van der Waals surface area contributed by atoms with E-state index in [-0.39, 0.29) is 18.2 Å². The number of fused-ring (bicyclic) bond motifs is 1. The molecule has 2 amide bonds. The molecule has 30 heavy (non-hydrogen) atoms. The van der Waals surface area contributed by atoms with Crippen molar-refractivity contribution in [2.45, 2.75) is 26.4 Å². The van der Waals surface area contributed by atoms with Crippen LogP contribution in [0.2, 0.25) is 5.02 Å². The summed E-state index contributed by atoms with van der Waals surface area (Å²) >= 11 is 7.39. The van der Waals surface area contributed by atoms with E-state index in [2.05, 4.69) is 20.5 Å². The molecule has 0 spiro atoms. The van der Waals surface area contributed by atoms with Gasteiger partial charge in [-0.25, -0.2) is 0 Å². The number of anilines is 1. The summed E-state index contributed by atoms with van der Waals surface area (Å²) in [7, 11) is 0. The standard InChI is InChI=1S/C20H22ClN5O3S/c1-2-29-11-17-24-25-20(30-17)23-19(28)13-7-18(27)26(10-13)6-5-12-9-22-16-4-3-14(21)8-15(12)16/h3-4,8-9,13,22H,2,5-7,10-11H2,1H3,(H,23,25,28)/t13-/m0/s1. The van der Waals surface area contributed by atoms with Gasteiger partial charge in [0.2, 0.25) is 16.9 Å². The van der Waals surface area contributed by atoms with Crippen molar-refractivity contribution >= 4 is 50.8 Å². The van der Waals surface area contributed by atoms with Crippen molar-refractivity contribution in [1.29, 1.82) is 0 Å². The van der Waals surface area contributed by atoms with Gasteiger partial charge in [-0.1, -0.05) is 22.9 Å². The van der Waals surface area contributed by atoms with E-state index in [9.17, 15) is 9.59 Å². The number of hydrogen-bond acceptors (Lipinski definition) is 6. The van der Waals surface area contributed by atoms with Gasteiger partial charge in [-0.3, -0.25) is 9.59 Å². The van der Waals surface area contributed by atoms with E-state index in [1.807, 2.05) is 31.3 Å². The van der Waals surface area contributed by atoms with Crippen molar-refractivity contribution in [1.82, 2.24) is 20.1 Å². The number of H-pyrrole nitrogens is 1. The topological polar surface area (TPSA) is 100 Å². The van der Waals surface area contributed by atoms with Crippen LogP contribution >= 0.6 is 22.9 Å². The van der Waals surface area contributed by atoms with Crippen molar-refractivity contribution in [2.75, 3.05) is 25.0 Å². The van der Waals surface area contributed by atoms with E-state index in [0.717, 1.165) is 16.5 Å². The summed E-state index contributed by atoms with van der Waals surface area (Å²) in [6, 6.07) is 5.71. The van der Waals surface area contributed by atoms with E-state index in [4.69, 9.17) is 16.3 Å². The van der Waals surface area contributed by atoms with Gasteiger partial charge in [0.25, 0.3) is 0 Å². The second-order valence-corrected chi connectivity index (χ2v) is 8.62. The molecule has 158 valence electrons. The molecule has 3 aromatic rings. The second-order valence-electron chi connectivity index (χ2n) is 7.12. The number of nitrogens with one attached hydrogen (secondary N) is 2. The zero-order chi connectivity index (χ0) is 21.1. The third-order valence-electron chi connectivity index (χ3n) is 5.09. The number of likely N-dealkylation sites (tertiary alicyclic amines) is 1. The van der Waals surface area contributed by atoms with Crippen molar-refractivity contribution in [3.8, 4) is 0 Å². The smallest absolute Gasteiger partial charge is 0.231 e. The Balaban J connectivity index is 1.32. The van der Waals surface area contributed by atoms with Crippen LogP contribution in [0.15, 0.2) is 24.4 Å². The summed E-state index contributed by atoms with van der Waals surface area (Å²) in [6.45, 7) is 3.82. The lowest BCUT2D eigenvalue weighted by atomic mass is 10.1. The van der Waals surface area contributed by atoms with Gasteiger partial charge in [-0.15, -0.1) is 10.2 Å². The number of carbonyl (C=O) groups is 2. The molecule has 1 aliphatic heterocycles. The molecule has 1 aliphatic rings. The fraction of sp³-hybridized carbons (Fsp3) is 0.400. The van der Waals surface area contributed by atoms with Gasteiger partial charge in [0.1, 0.15) is 11.6 Å². The predicted octanol–water partition coefficient (Wildman–Crippen LogP) is 3.24. The van der Waals surface area contributed by atoms with Crippen molar-refractivity contribution in [3.63, 3.8) is 0 Å². The van der Waals surface area contributed by atoms with Gasteiger partial charge in [-0.2, -0.15) is 0 Å². The highest BCUT2D eigenvalue weighted by molar-refractivity contribution is 7.15.